The monoisotopic (exact) mass is 445 g/mol. The first-order chi connectivity index (χ1) is 15.6. The molecule has 0 spiro atoms. The first-order valence-corrected chi connectivity index (χ1v) is 11.6. The van der Waals surface area contributed by atoms with Crippen LogP contribution in [0.4, 0.5) is 0 Å². The molecule has 2 atom stereocenters. The quantitative estimate of drug-likeness (QED) is 0.361. The predicted molar refractivity (Wildman–Crippen MR) is 133 cm³/mol. The SMILES string of the molecule is COc1cccc(-c2cncc(-c3c(C(C)C4CCCNC4)[nH]c4cc(Cl)ccc34)c2)c1. The average molecular weight is 446 g/mol. The van der Waals surface area contributed by atoms with Gasteiger partial charge in [-0.1, -0.05) is 36.7 Å². The molecule has 2 unspecified atom stereocenters. The number of aromatic nitrogens is 2. The van der Waals surface area contributed by atoms with Gasteiger partial charge in [-0.05, 0) is 67.7 Å². The highest BCUT2D eigenvalue weighted by molar-refractivity contribution is 6.31. The minimum atomic E-state index is 0.393. The van der Waals surface area contributed by atoms with Crippen LogP contribution < -0.4 is 10.1 Å². The Balaban J connectivity index is 1.64. The molecular formula is C27H28ClN3O. The zero-order chi connectivity index (χ0) is 22.1. The van der Waals surface area contributed by atoms with E-state index in [1.54, 1.807) is 7.11 Å². The molecule has 2 aromatic heterocycles. The van der Waals surface area contributed by atoms with Crippen LogP contribution >= 0.6 is 11.6 Å². The summed E-state index contributed by atoms with van der Waals surface area (Å²) in [4.78, 5) is 8.33. The Morgan fingerprint density at radius 1 is 1.06 bits per heavy atom. The van der Waals surface area contributed by atoms with E-state index in [-0.39, 0.29) is 0 Å². The van der Waals surface area contributed by atoms with Gasteiger partial charge in [0.25, 0.3) is 0 Å². The summed E-state index contributed by atoms with van der Waals surface area (Å²) in [5, 5.41) is 5.50. The number of aromatic amines is 1. The number of H-pyrrole nitrogens is 1. The van der Waals surface area contributed by atoms with E-state index in [1.165, 1.54) is 29.5 Å². The van der Waals surface area contributed by atoms with Crippen molar-refractivity contribution >= 4 is 22.5 Å². The van der Waals surface area contributed by atoms with Crippen LogP contribution in [0.3, 0.4) is 0 Å². The number of rotatable bonds is 5. The molecule has 0 amide bonds. The number of hydrogen-bond donors (Lipinski definition) is 2. The van der Waals surface area contributed by atoms with E-state index in [4.69, 9.17) is 16.3 Å². The normalized spacial score (nSPS) is 17.4. The molecule has 0 bridgehead atoms. The van der Waals surface area contributed by atoms with E-state index in [0.29, 0.717) is 11.8 Å². The second-order valence-electron chi connectivity index (χ2n) is 8.69. The third-order valence-corrected chi connectivity index (χ3v) is 6.95. The molecule has 0 aliphatic carbocycles. The lowest BCUT2D eigenvalue weighted by Gasteiger charge is -2.28. The lowest BCUT2D eigenvalue weighted by molar-refractivity contribution is 0.332. The summed E-state index contributed by atoms with van der Waals surface area (Å²) in [6.07, 6.45) is 6.35. The van der Waals surface area contributed by atoms with Gasteiger partial charge in [-0.3, -0.25) is 4.98 Å². The topological polar surface area (TPSA) is 49.9 Å². The summed E-state index contributed by atoms with van der Waals surface area (Å²) < 4.78 is 5.42. The Bertz CT molecular complexity index is 1240. The molecule has 4 nitrogen and oxygen atoms in total. The number of methoxy groups -OCH3 is 1. The number of fused-ring (bicyclic) bond motifs is 1. The van der Waals surface area contributed by atoms with Crippen LogP contribution in [0.1, 0.15) is 31.4 Å². The molecule has 5 rings (SSSR count). The van der Waals surface area contributed by atoms with Crippen molar-refractivity contribution in [1.29, 1.82) is 0 Å². The molecule has 5 heteroatoms. The van der Waals surface area contributed by atoms with Crippen LogP contribution in [0.15, 0.2) is 60.9 Å². The maximum Gasteiger partial charge on any atom is 0.119 e. The molecule has 2 N–H and O–H groups in total. The highest BCUT2D eigenvalue weighted by atomic mass is 35.5. The number of benzene rings is 2. The predicted octanol–water partition coefficient (Wildman–Crippen LogP) is 6.66. The largest absolute Gasteiger partial charge is 0.497 e. The maximum absolute atomic E-state index is 6.33. The van der Waals surface area contributed by atoms with E-state index in [2.05, 4.69) is 40.4 Å². The Kier molecular flexibility index (Phi) is 5.90. The van der Waals surface area contributed by atoms with Crippen molar-refractivity contribution in [3.8, 4) is 28.0 Å². The molecular weight excluding hydrogens is 418 g/mol. The fraction of sp³-hybridized carbons (Fsp3) is 0.296. The van der Waals surface area contributed by atoms with Crippen LogP contribution in [0, 0.1) is 5.92 Å². The minimum absolute atomic E-state index is 0.393. The lowest BCUT2D eigenvalue weighted by Crippen LogP contribution is -2.32. The van der Waals surface area contributed by atoms with Crippen LogP contribution in [0.25, 0.3) is 33.2 Å². The fourth-order valence-electron chi connectivity index (χ4n) is 4.92. The number of nitrogens with one attached hydrogen (secondary N) is 2. The molecule has 164 valence electrons. The van der Waals surface area contributed by atoms with Gasteiger partial charge in [-0.25, -0.2) is 0 Å². The number of halogens is 1. The number of nitrogens with zero attached hydrogens (tertiary/aromatic N) is 1. The number of hydrogen-bond acceptors (Lipinski definition) is 3. The Morgan fingerprint density at radius 3 is 2.75 bits per heavy atom. The summed E-state index contributed by atoms with van der Waals surface area (Å²) in [5.41, 5.74) is 6.84. The zero-order valence-corrected chi connectivity index (χ0v) is 19.2. The van der Waals surface area contributed by atoms with Crippen molar-refractivity contribution in [2.45, 2.75) is 25.7 Å². The maximum atomic E-state index is 6.33. The number of ether oxygens (including phenoxy) is 1. The average Bonchev–Trinajstić information content (AvgIpc) is 3.22. The standard InChI is InChI=1S/C27H28ClN3O/c1-17(19-6-4-10-29-14-19)27-26(24-9-8-22(28)13-25(24)31-27)21-11-20(15-30-16-21)18-5-3-7-23(12-18)32-2/h3,5,7-9,11-13,15-17,19,29,31H,4,6,10,14H2,1-2H3. The molecule has 1 aliphatic rings. The minimum Gasteiger partial charge on any atom is -0.497 e. The first-order valence-electron chi connectivity index (χ1n) is 11.3. The summed E-state index contributed by atoms with van der Waals surface area (Å²) in [5.74, 6) is 1.83. The van der Waals surface area contributed by atoms with E-state index in [0.717, 1.165) is 46.1 Å². The van der Waals surface area contributed by atoms with Gasteiger partial charge in [-0.15, -0.1) is 0 Å². The van der Waals surface area contributed by atoms with Gasteiger partial charge in [0.1, 0.15) is 5.75 Å². The van der Waals surface area contributed by atoms with Crippen molar-refractivity contribution < 1.29 is 4.74 Å². The van der Waals surface area contributed by atoms with E-state index in [9.17, 15) is 0 Å². The molecule has 32 heavy (non-hydrogen) atoms. The van der Waals surface area contributed by atoms with Gasteiger partial charge in [0, 0.05) is 56.6 Å². The smallest absolute Gasteiger partial charge is 0.119 e. The van der Waals surface area contributed by atoms with Crippen molar-refractivity contribution in [2.24, 2.45) is 5.92 Å². The third-order valence-electron chi connectivity index (χ3n) is 6.72. The van der Waals surface area contributed by atoms with Crippen LogP contribution in [0.2, 0.25) is 5.02 Å². The van der Waals surface area contributed by atoms with Gasteiger partial charge >= 0.3 is 0 Å². The molecule has 0 saturated carbocycles. The van der Waals surface area contributed by atoms with Crippen LogP contribution in [0.5, 0.6) is 5.75 Å². The molecule has 1 aliphatic heterocycles. The van der Waals surface area contributed by atoms with Gasteiger partial charge in [0.15, 0.2) is 0 Å². The summed E-state index contributed by atoms with van der Waals surface area (Å²) in [7, 11) is 1.69. The van der Waals surface area contributed by atoms with Crippen molar-refractivity contribution in [3.05, 3.63) is 71.6 Å². The first kappa shape index (κ1) is 21.0. The van der Waals surface area contributed by atoms with E-state index < -0.39 is 0 Å². The Labute approximate surface area is 194 Å². The van der Waals surface area contributed by atoms with Gasteiger partial charge in [0.05, 0.1) is 7.11 Å². The van der Waals surface area contributed by atoms with E-state index >= 15 is 0 Å². The summed E-state index contributed by atoms with van der Waals surface area (Å²) in [6.45, 7) is 4.51. The summed E-state index contributed by atoms with van der Waals surface area (Å²) in [6, 6.07) is 16.5. The Hall–Kier alpha value is -2.82. The molecule has 1 fully saturated rings. The van der Waals surface area contributed by atoms with Crippen molar-refractivity contribution in [2.75, 3.05) is 20.2 Å². The zero-order valence-electron chi connectivity index (χ0n) is 18.5. The van der Waals surface area contributed by atoms with Crippen molar-refractivity contribution in [3.63, 3.8) is 0 Å². The lowest BCUT2D eigenvalue weighted by atomic mass is 9.83. The number of piperidine rings is 1. The van der Waals surface area contributed by atoms with Gasteiger partial charge in [0.2, 0.25) is 0 Å². The fourth-order valence-corrected chi connectivity index (χ4v) is 5.09. The molecule has 4 aromatic rings. The third kappa shape index (κ3) is 4.01. The van der Waals surface area contributed by atoms with E-state index in [1.807, 2.05) is 42.7 Å². The second-order valence-corrected chi connectivity index (χ2v) is 9.13. The highest BCUT2D eigenvalue weighted by Gasteiger charge is 2.26. The molecule has 1 saturated heterocycles. The highest BCUT2D eigenvalue weighted by Crippen LogP contribution is 2.41. The van der Waals surface area contributed by atoms with Crippen LogP contribution in [-0.2, 0) is 0 Å². The molecule has 2 aromatic carbocycles. The number of pyridine rings is 1. The molecule has 0 radical (unpaired) electrons. The summed E-state index contributed by atoms with van der Waals surface area (Å²) >= 11 is 6.33. The van der Waals surface area contributed by atoms with Gasteiger partial charge < -0.3 is 15.0 Å². The Morgan fingerprint density at radius 2 is 1.94 bits per heavy atom. The second kappa shape index (κ2) is 8.97. The van der Waals surface area contributed by atoms with Crippen molar-refractivity contribution in [1.82, 2.24) is 15.3 Å². The molecule has 3 heterocycles. The van der Waals surface area contributed by atoms with Gasteiger partial charge in [-0.2, -0.15) is 0 Å². The van der Waals surface area contributed by atoms with Crippen LogP contribution in [-0.4, -0.2) is 30.2 Å².